The molecule has 0 heterocycles. The zero-order chi connectivity index (χ0) is 21.5. The van der Waals surface area contributed by atoms with E-state index in [-0.39, 0.29) is 36.5 Å². The van der Waals surface area contributed by atoms with Crippen LogP contribution >= 0.6 is 0 Å². The van der Waals surface area contributed by atoms with E-state index in [0.29, 0.717) is 18.4 Å². The Kier molecular flexibility index (Phi) is 8.55. The van der Waals surface area contributed by atoms with Gasteiger partial charge in [-0.1, -0.05) is 13.3 Å². The predicted molar refractivity (Wildman–Crippen MR) is 96.4 cm³/mol. The highest BCUT2D eigenvalue weighted by Crippen LogP contribution is 2.40. The van der Waals surface area contributed by atoms with E-state index in [1.165, 1.54) is 13.0 Å². The van der Waals surface area contributed by atoms with E-state index in [1.807, 2.05) is 6.92 Å². The average Bonchev–Trinajstić information content (AvgIpc) is 2.60. The molecule has 6 N–H and O–H groups in total. The first-order chi connectivity index (χ1) is 13.0. The number of carboxylic acids is 1. The molecule has 0 bridgehead atoms. The summed E-state index contributed by atoms with van der Waals surface area (Å²) in [7, 11) is 0. The highest BCUT2D eigenvalue weighted by atomic mass is 19.4. The van der Waals surface area contributed by atoms with Crippen LogP contribution in [0.2, 0.25) is 0 Å². The number of benzene rings is 1. The van der Waals surface area contributed by atoms with Gasteiger partial charge < -0.3 is 26.0 Å². The van der Waals surface area contributed by atoms with E-state index < -0.39 is 30.1 Å². The SMILES string of the molecule is CCCc1c(OCCCC(=O)N[C@@H](C)C(=O)O)ccc(C(N)C(F)(F)F)c1[OH2+]. The first-order valence-corrected chi connectivity index (χ1v) is 8.83. The monoisotopic (exact) mass is 407 g/mol. The molecule has 158 valence electrons. The Hall–Kier alpha value is -2.49. The summed E-state index contributed by atoms with van der Waals surface area (Å²) in [6.07, 6.45) is -3.39. The maximum atomic E-state index is 12.9. The second-order valence-electron chi connectivity index (χ2n) is 6.36. The minimum Gasteiger partial charge on any atom is -0.593 e. The zero-order valence-electron chi connectivity index (χ0n) is 15.7. The lowest BCUT2D eigenvalue weighted by atomic mass is 9.99. The summed E-state index contributed by atoms with van der Waals surface area (Å²) >= 11 is 0. The van der Waals surface area contributed by atoms with Crippen molar-refractivity contribution in [2.24, 2.45) is 5.73 Å². The van der Waals surface area contributed by atoms with E-state index >= 15 is 0 Å². The van der Waals surface area contributed by atoms with E-state index in [1.54, 1.807) is 0 Å². The number of nitrogens with two attached hydrogens (primary N) is 1. The molecular formula is C18H26F3N2O5+. The van der Waals surface area contributed by atoms with Crippen molar-refractivity contribution in [2.45, 2.75) is 57.8 Å². The van der Waals surface area contributed by atoms with Crippen molar-refractivity contribution in [3.63, 3.8) is 0 Å². The summed E-state index contributed by atoms with van der Waals surface area (Å²) in [6, 6.07) is -0.752. The van der Waals surface area contributed by atoms with Gasteiger partial charge in [-0.25, -0.2) is 0 Å². The minimum atomic E-state index is -4.65. The van der Waals surface area contributed by atoms with Gasteiger partial charge in [0.05, 0.1) is 17.7 Å². The third-order valence-corrected chi connectivity index (χ3v) is 4.04. The number of aliphatic carboxylic acids is 1. The van der Waals surface area contributed by atoms with Gasteiger partial charge in [0.15, 0.2) is 0 Å². The lowest BCUT2D eigenvalue weighted by Crippen LogP contribution is -2.38. The molecule has 1 amide bonds. The summed E-state index contributed by atoms with van der Waals surface area (Å²) in [6.45, 7) is 3.26. The van der Waals surface area contributed by atoms with E-state index in [9.17, 15) is 22.8 Å². The standard InChI is InChI=1S/C18H25F3N2O5/c1-3-5-11-13(8-7-12(15(11)25)16(22)18(19,20)21)28-9-4-6-14(24)23-10(2)17(26)27/h7-8,10,16,25H,3-6,9,22H2,1-2H3,(H,23,24)(H,26,27)/p+1/t10-,16?/m0/s1. The molecule has 0 aliphatic heterocycles. The van der Waals surface area contributed by atoms with Crippen molar-refractivity contribution in [3.05, 3.63) is 23.3 Å². The van der Waals surface area contributed by atoms with Crippen LogP contribution in [0.1, 0.15) is 50.3 Å². The fourth-order valence-electron chi connectivity index (χ4n) is 2.51. The molecule has 0 saturated heterocycles. The first-order valence-electron chi connectivity index (χ1n) is 8.83. The van der Waals surface area contributed by atoms with Crippen LogP contribution < -0.4 is 15.8 Å². The lowest BCUT2D eigenvalue weighted by Gasteiger charge is -2.18. The fraction of sp³-hybridized carbons (Fsp3) is 0.556. The molecule has 1 rings (SSSR count). The lowest BCUT2D eigenvalue weighted by molar-refractivity contribution is -0.149. The topological polar surface area (TPSA) is 125 Å². The van der Waals surface area contributed by atoms with Crippen LogP contribution in [0, 0.1) is 0 Å². The van der Waals surface area contributed by atoms with Gasteiger partial charge in [0.1, 0.15) is 17.8 Å². The quantitative estimate of drug-likeness (QED) is 0.406. The summed E-state index contributed by atoms with van der Waals surface area (Å²) < 4.78 is 44.2. The molecule has 0 spiro atoms. The number of rotatable bonds is 10. The summed E-state index contributed by atoms with van der Waals surface area (Å²) in [5.74, 6) is -1.60. The van der Waals surface area contributed by atoms with Crippen LogP contribution in [-0.2, 0) is 16.0 Å². The molecule has 0 aliphatic rings. The van der Waals surface area contributed by atoms with Crippen LogP contribution in [-0.4, -0.2) is 40.9 Å². The number of nitrogens with one attached hydrogen (secondary N) is 1. The maximum Gasteiger partial charge on any atom is 0.408 e. The number of hydrogen-bond donors (Lipinski definition) is 3. The summed E-state index contributed by atoms with van der Waals surface area (Å²) in [4.78, 5) is 22.3. The smallest absolute Gasteiger partial charge is 0.408 e. The third-order valence-electron chi connectivity index (χ3n) is 4.04. The number of ether oxygens (including phenoxy) is 1. The normalized spacial score (nSPS) is 13.6. The summed E-state index contributed by atoms with van der Waals surface area (Å²) in [5.41, 5.74) is 5.25. The Morgan fingerprint density at radius 3 is 2.54 bits per heavy atom. The van der Waals surface area contributed by atoms with Crippen molar-refractivity contribution < 1.29 is 37.7 Å². The van der Waals surface area contributed by atoms with Crippen molar-refractivity contribution >= 4 is 11.9 Å². The number of alkyl halides is 3. The van der Waals surface area contributed by atoms with Gasteiger partial charge in [-0.05, 0) is 31.9 Å². The van der Waals surface area contributed by atoms with Crippen molar-refractivity contribution in [2.75, 3.05) is 6.61 Å². The van der Waals surface area contributed by atoms with Crippen LogP contribution in [0.15, 0.2) is 12.1 Å². The van der Waals surface area contributed by atoms with E-state index in [0.717, 1.165) is 6.07 Å². The van der Waals surface area contributed by atoms with Crippen LogP contribution in [0.25, 0.3) is 0 Å². The predicted octanol–water partition coefficient (Wildman–Crippen LogP) is 2.39. The van der Waals surface area contributed by atoms with Crippen molar-refractivity contribution in [3.8, 4) is 11.5 Å². The third kappa shape index (κ3) is 6.59. The van der Waals surface area contributed by atoms with Gasteiger partial charge in [0, 0.05) is 6.42 Å². The van der Waals surface area contributed by atoms with Gasteiger partial charge in [0.2, 0.25) is 5.91 Å². The fourth-order valence-corrected chi connectivity index (χ4v) is 2.51. The van der Waals surface area contributed by atoms with Crippen molar-refractivity contribution in [1.29, 1.82) is 0 Å². The van der Waals surface area contributed by atoms with Gasteiger partial charge in [-0.2, -0.15) is 13.2 Å². The zero-order valence-corrected chi connectivity index (χ0v) is 15.7. The van der Waals surface area contributed by atoms with Gasteiger partial charge in [0.25, 0.3) is 5.75 Å². The largest absolute Gasteiger partial charge is 0.593 e. The highest BCUT2D eigenvalue weighted by Gasteiger charge is 2.41. The molecule has 10 heteroatoms. The molecule has 1 aromatic carbocycles. The van der Waals surface area contributed by atoms with Gasteiger partial charge >= 0.3 is 12.1 Å². The van der Waals surface area contributed by atoms with Crippen LogP contribution in [0.4, 0.5) is 13.2 Å². The summed E-state index contributed by atoms with van der Waals surface area (Å²) in [5, 5.41) is 19.1. The number of carboxylic acid groups (broad SMARTS) is 1. The Morgan fingerprint density at radius 1 is 1.36 bits per heavy atom. The Morgan fingerprint density at radius 2 is 2.00 bits per heavy atom. The van der Waals surface area contributed by atoms with E-state index in [4.69, 9.17) is 20.7 Å². The average molecular weight is 407 g/mol. The van der Waals surface area contributed by atoms with Gasteiger partial charge in [-0.3, -0.25) is 9.59 Å². The molecule has 2 atom stereocenters. The maximum absolute atomic E-state index is 12.9. The molecule has 0 radical (unpaired) electrons. The highest BCUT2D eigenvalue weighted by molar-refractivity contribution is 5.83. The molecular weight excluding hydrogens is 381 g/mol. The Labute approximate surface area is 160 Å². The molecule has 0 aliphatic carbocycles. The number of amides is 1. The molecule has 1 unspecified atom stereocenters. The van der Waals surface area contributed by atoms with Gasteiger partial charge in [-0.15, -0.1) is 0 Å². The molecule has 7 nitrogen and oxygen atoms in total. The Bertz CT molecular complexity index is 695. The van der Waals surface area contributed by atoms with Crippen LogP contribution in [0.5, 0.6) is 11.5 Å². The van der Waals surface area contributed by atoms with E-state index in [2.05, 4.69) is 5.32 Å². The van der Waals surface area contributed by atoms with Crippen LogP contribution in [0.3, 0.4) is 0 Å². The number of halogens is 3. The molecule has 1 aromatic rings. The first kappa shape index (κ1) is 23.5. The number of hydrogen-bond acceptors (Lipinski definition) is 4. The number of carbonyl (C=O) groups is 2. The molecule has 0 saturated carbocycles. The molecule has 0 aromatic heterocycles. The number of carbonyl (C=O) groups excluding carboxylic acids is 1. The minimum absolute atomic E-state index is 0.0332. The second-order valence-corrected chi connectivity index (χ2v) is 6.36. The molecule has 28 heavy (non-hydrogen) atoms. The second kappa shape index (κ2) is 10.2. The Balaban J connectivity index is 2.77. The molecule has 0 fully saturated rings. The van der Waals surface area contributed by atoms with Crippen molar-refractivity contribution in [1.82, 2.24) is 5.32 Å².